The molecule has 31 heavy (non-hydrogen) atoms. The number of anilines is 2. The Kier molecular flexibility index (Phi) is 7.87. The summed E-state index contributed by atoms with van der Waals surface area (Å²) in [7, 11) is 0. The normalized spacial score (nSPS) is 13.6. The quantitative estimate of drug-likeness (QED) is 0.656. The lowest BCUT2D eigenvalue weighted by Gasteiger charge is -2.36. The van der Waals surface area contributed by atoms with E-state index in [1.165, 1.54) is 0 Å². The first-order valence-corrected chi connectivity index (χ1v) is 11.2. The molecule has 0 radical (unpaired) electrons. The molecular weight excluding hydrogens is 432 g/mol. The number of rotatable bonds is 5. The van der Waals surface area contributed by atoms with Crippen LogP contribution in [-0.4, -0.2) is 48.0 Å². The van der Waals surface area contributed by atoms with Crippen molar-refractivity contribution in [2.75, 3.05) is 36.4 Å². The van der Waals surface area contributed by atoms with Crippen LogP contribution in [0.4, 0.5) is 11.4 Å². The van der Waals surface area contributed by atoms with Crippen LogP contribution in [0.3, 0.4) is 0 Å². The van der Waals surface area contributed by atoms with Crippen molar-refractivity contribution in [3.63, 3.8) is 0 Å². The number of carbonyl (C=O) groups is 2. The standard InChI is InChI=1S/C23H27ClN4O2S/c1-3-6-21(29)26-23(31)25-17-9-10-20(19(24)15-17)27-11-13-28(14-12-27)22(30)18-8-5-4-7-16(18)2/h4-5,7-10,15H,3,6,11-14H2,1-2H3,(H2,25,26,29,31). The summed E-state index contributed by atoms with van der Waals surface area (Å²) in [6, 6.07) is 13.3. The first kappa shape index (κ1) is 23.0. The number of amides is 2. The molecule has 1 aliphatic heterocycles. The number of aryl methyl sites for hydroxylation is 1. The maximum Gasteiger partial charge on any atom is 0.254 e. The van der Waals surface area contributed by atoms with Gasteiger partial charge < -0.3 is 20.4 Å². The molecule has 0 spiro atoms. The number of benzene rings is 2. The molecular formula is C23H27ClN4O2S. The molecule has 1 saturated heterocycles. The predicted molar refractivity (Wildman–Crippen MR) is 130 cm³/mol. The summed E-state index contributed by atoms with van der Waals surface area (Å²) in [5.41, 5.74) is 3.37. The SMILES string of the molecule is CCCC(=O)NC(=S)Nc1ccc(N2CCN(C(=O)c3ccccc3C)CC2)c(Cl)c1. The van der Waals surface area contributed by atoms with Gasteiger partial charge in [0.05, 0.1) is 10.7 Å². The molecule has 0 bridgehead atoms. The summed E-state index contributed by atoms with van der Waals surface area (Å²) >= 11 is 11.7. The molecule has 6 nitrogen and oxygen atoms in total. The fourth-order valence-corrected chi connectivity index (χ4v) is 4.09. The fraction of sp³-hybridized carbons (Fsp3) is 0.348. The molecule has 1 heterocycles. The maximum absolute atomic E-state index is 12.8. The van der Waals surface area contributed by atoms with Gasteiger partial charge in [-0.25, -0.2) is 0 Å². The number of hydrogen-bond acceptors (Lipinski definition) is 4. The van der Waals surface area contributed by atoms with Crippen LogP contribution in [0.2, 0.25) is 5.02 Å². The minimum atomic E-state index is -0.110. The van der Waals surface area contributed by atoms with E-state index in [0.29, 0.717) is 43.3 Å². The minimum absolute atomic E-state index is 0.0713. The highest BCUT2D eigenvalue weighted by atomic mass is 35.5. The summed E-state index contributed by atoms with van der Waals surface area (Å²) in [4.78, 5) is 28.5. The first-order valence-electron chi connectivity index (χ1n) is 10.4. The second-order valence-electron chi connectivity index (χ2n) is 7.51. The molecule has 2 aromatic carbocycles. The zero-order valence-corrected chi connectivity index (χ0v) is 19.4. The van der Waals surface area contributed by atoms with Gasteiger partial charge in [-0.05, 0) is 55.4 Å². The van der Waals surface area contributed by atoms with E-state index in [4.69, 9.17) is 23.8 Å². The van der Waals surface area contributed by atoms with E-state index in [2.05, 4.69) is 15.5 Å². The third kappa shape index (κ3) is 5.95. The Morgan fingerprint density at radius 1 is 1.10 bits per heavy atom. The van der Waals surface area contributed by atoms with Crippen molar-refractivity contribution in [3.05, 3.63) is 58.6 Å². The lowest BCUT2D eigenvalue weighted by atomic mass is 10.1. The van der Waals surface area contributed by atoms with E-state index >= 15 is 0 Å². The Balaban J connectivity index is 1.58. The number of nitrogens with one attached hydrogen (secondary N) is 2. The van der Waals surface area contributed by atoms with Crippen molar-refractivity contribution in [3.8, 4) is 0 Å². The van der Waals surface area contributed by atoms with Crippen molar-refractivity contribution in [1.29, 1.82) is 0 Å². The van der Waals surface area contributed by atoms with Crippen LogP contribution < -0.4 is 15.5 Å². The average Bonchev–Trinajstić information content (AvgIpc) is 2.74. The van der Waals surface area contributed by atoms with Gasteiger partial charge >= 0.3 is 0 Å². The van der Waals surface area contributed by atoms with Crippen LogP contribution in [0.5, 0.6) is 0 Å². The Morgan fingerprint density at radius 2 is 1.81 bits per heavy atom. The van der Waals surface area contributed by atoms with Gasteiger partial charge in [0.25, 0.3) is 5.91 Å². The van der Waals surface area contributed by atoms with Gasteiger partial charge in [-0.3, -0.25) is 9.59 Å². The van der Waals surface area contributed by atoms with Gasteiger partial charge in [0.1, 0.15) is 0 Å². The number of thiocarbonyl (C=S) groups is 1. The van der Waals surface area contributed by atoms with Crippen LogP contribution in [0.1, 0.15) is 35.7 Å². The Hall–Kier alpha value is -2.64. The van der Waals surface area contributed by atoms with Gasteiger partial charge in [-0.15, -0.1) is 0 Å². The largest absolute Gasteiger partial charge is 0.367 e. The van der Waals surface area contributed by atoms with Gasteiger partial charge in [0.2, 0.25) is 5.91 Å². The molecule has 0 saturated carbocycles. The minimum Gasteiger partial charge on any atom is -0.367 e. The first-order chi connectivity index (χ1) is 14.9. The highest BCUT2D eigenvalue weighted by molar-refractivity contribution is 7.80. The number of carbonyl (C=O) groups excluding carboxylic acids is 2. The summed E-state index contributed by atoms with van der Waals surface area (Å²) in [5, 5.41) is 6.49. The number of piperazine rings is 1. The highest BCUT2D eigenvalue weighted by Gasteiger charge is 2.24. The zero-order valence-electron chi connectivity index (χ0n) is 17.8. The molecule has 1 fully saturated rings. The molecule has 2 aromatic rings. The fourth-order valence-electron chi connectivity index (χ4n) is 3.55. The third-order valence-corrected chi connectivity index (χ3v) is 5.73. The van der Waals surface area contributed by atoms with Gasteiger partial charge in [-0.2, -0.15) is 0 Å². The van der Waals surface area contributed by atoms with Crippen molar-refractivity contribution < 1.29 is 9.59 Å². The summed E-state index contributed by atoms with van der Waals surface area (Å²) < 4.78 is 0. The second-order valence-corrected chi connectivity index (χ2v) is 8.33. The lowest BCUT2D eigenvalue weighted by Crippen LogP contribution is -2.49. The Labute approximate surface area is 193 Å². The van der Waals surface area contributed by atoms with E-state index in [-0.39, 0.29) is 16.9 Å². The maximum atomic E-state index is 12.8. The Bertz CT molecular complexity index is 974. The topological polar surface area (TPSA) is 64.7 Å². The molecule has 0 aromatic heterocycles. The van der Waals surface area contributed by atoms with E-state index in [1.807, 2.05) is 55.1 Å². The molecule has 1 aliphatic rings. The summed E-state index contributed by atoms with van der Waals surface area (Å²) in [6.07, 6.45) is 1.19. The zero-order chi connectivity index (χ0) is 22.4. The summed E-state index contributed by atoms with van der Waals surface area (Å²) in [6.45, 7) is 6.58. The lowest BCUT2D eigenvalue weighted by molar-refractivity contribution is -0.119. The van der Waals surface area contributed by atoms with Crippen molar-refractivity contribution >= 4 is 52.1 Å². The van der Waals surface area contributed by atoms with Crippen molar-refractivity contribution in [1.82, 2.24) is 10.2 Å². The van der Waals surface area contributed by atoms with Crippen LogP contribution in [0, 0.1) is 6.92 Å². The van der Waals surface area contributed by atoms with Crippen LogP contribution in [0.15, 0.2) is 42.5 Å². The van der Waals surface area contributed by atoms with Crippen LogP contribution in [0.25, 0.3) is 0 Å². The van der Waals surface area contributed by atoms with E-state index < -0.39 is 0 Å². The van der Waals surface area contributed by atoms with Crippen LogP contribution >= 0.6 is 23.8 Å². The molecule has 0 atom stereocenters. The van der Waals surface area contributed by atoms with Crippen LogP contribution in [-0.2, 0) is 4.79 Å². The highest BCUT2D eigenvalue weighted by Crippen LogP contribution is 2.30. The molecule has 0 aliphatic carbocycles. The number of halogens is 1. The Morgan fingerprint density at radius 3 is 2.45 bits per heavy atom. The second kappa shape index (κ2) is 10.6. The molecule has 3 rings (SSSR count). The molecule has 0 unspecified atom stereocenters. The summed E-state index contributed by atoms with van der Waals surface area (Å²) in [5.74, 6) is -0.0390. The van der Waals surface area contributed by atoms with Crippen molar-refractivity contribution in [2.45, 2.75) is 26.7 Å². The molecule has 2 N–H and O–H groups in total. The predicted octanol–water partition coefficient (Wildman–Crippen LogP) is 4.22. The number of nitrogens with zero attached hydrogens (tertiary/aromatic N) is 2. The molecule has 8 heteroatoms. The van der Waals surface area contributed by atoms with Gasteiger partial charge in [0, 0.05) is 43.9 Å². The van der Waals surface area contributed by atoms with E-state index in [0.717, 1.165) is 23.2 Å². The van der Waals surface area contributed by atoms with Crippen molar-refractivity contribution in [2.24, 2.45) is 0 Å². The smallest absolute Gasteiger partial charge is 0.254 e. The molecule has 164 valence electrons. The average molecular weight is 459 g/mol. The van der Waals surface area contributed by atoms with E-state index in [9.17, 15) is 9.59 Å². The van der Waals surface area contributed by atoms with E-state index in [1.54, 1.807) is 6.07 Å². The molecule has 2 amide bonds. The monoisotopic (exact) mass is 458 g/mol. The van der Waals surface area contributed by atoms with Gasteiger partial charge in [0.15, 0.2) is 5.11 Å². The van der Waals surface area contributed by atoms with Gasteiger partial charge in [-0.1, -0.05) is 36.7 Å². The third-order valence-electron chi connectivity index (χ3n) is 5.22. The number of hydrogen-bond donors (Lipinski definition) is 2.